The van der Waals surface area contributed by atoms with Crippen LogP contribution >= 0.6 is 0 Å². The number of rotatable bonds is 3. The Bertz CT molecular complexity index is 1000. The fourth-order valence-corrected chi connectivity index (χ4v) is 3.07. The molecule has 144 valence electrons. The number of amides is 3. The zero-order valence-electron chi connectivity index (χ0n) is 16.0. The van der Waals surface area contributed by atoms with Crippen molar-refractivity contribution in [2.75, 3.05) is 12.4 Å². The van der Waals surface area contributed by atoms with Crippen molar-refractivity contribution in [1.82, 2.24) is 4.90 Å². The first-order valence-electron chi connectivity index (χ1n) is 8.67. The molecule has 0 bridgehead atoms. The Morgan fingerprint density at radius 3 is 2.25 bits per heavy atom. The van der Waals surface area contributed by atoms with E-state index in [9.17, 15) is 19.2 Å². The summed E-state index contributed by atoms with van der Waals surface area (Å²) in [6.07, 6.45) is 0. The van der Waals surface area contributed by atoms with Crippen LogP contribution in [0.15, 0.2) is 42.5 Å². The van der Waals surface area contributed by atoms with Gasteiger partial charge in [0, 0.05) is 11.1 Å². The van der Waals surface area contributed by atoms with Gasteiger partial charge in [-0.1, -0.05) is 12.1 Å². The molecule has 0 saturated heterocycles. The number of hydrogen-bond acceptors (Lipinski definition) is 5. The Morgan fingerprint density at radius 1 is 0.964 bits per heavy atom. The van der Waals surface area contributed by atoms with E-state index in [1.165, 1.54) is 36.3 Å². The summed E-state index contributed by atoms with van der Waals surface area (Å²) in [5.74, 6) is -1.90. The second-order valence-corrected chi connectivity index (χ2v) is 7.37. The summed E-state index contributed by atoms with van der Waals surface area (Å²) in [6, 6.07) is 10.8. The third-order valence-electron chi connectivity index (χ3n) is 4.40. The first-order chi connectivity index (χ1) is 13.1. The average Bonchev–Trinajstić information content (AvgIpc) is 2.91. The van der Waals surface area contributed by atoms with Crippen molar-refractivity contribution in [2.45, 2.75) is 26.3 Å². The van der Waals surface area contributed by atoms with Crippen LogP contribution < -0.4 is 5.32 Å². The number of nitrogens with zero attached hydrogens (tertiary/aromatic N) is 1. The largest absolute Gasteiger partial charge is 0.465 e. The summed E-state index contributed by atoms with van der Waals surface area (Å²) in [7, 11) is 1.25. The summed E-state index contributed by atoms with van der Waals surface area (Å²) >= 11 is 0. The lowest BCUT2D eigenvalue weighted by Gasteiger charge is -2.29. The van der Waals surface area contributed by atoms with E-state index in [1.54, 1.807) is 39.0 Å². The van der Waals surface area contributed by atoms with Gasteiger partial charge in [0.25, 0.3) is 17.7 Å². The van der Waals surface area contributed by atoms with Crippen molar-refractivity contribution < 1.29 is 23.9 Å². The van der Waals surface area contributed by atoms with Gasteiger partial charge in [-0.3, -0.25) is 19.3 Å². The van der Waals surface area contributed by atoms with Crippen LogP contribution in [0.3, 0.4) is 0 Å². The first kappa shape index (κ1) is 19.3. The van der Waals surface area contributed by atoms with E-state index < -0.39 is 23.3 Å². The number of nitrogens with one attached hydrogen (secondary N) is 1. The zero-order chi connectivity index (χ0) is 20.6. The molecule has 28 heavy (non-hydrogen) atoms. The molecule has 7 nitrogen and oxygen atoms in total. The minimum atomic E-state index is -0.672. The van der Waals surface area contributed by atoms with Crippen molar-refractivity contribution in [1.29, 1.82) is 0 Å². The van der Waals surface area contributed by atoms with Crippen molar-refractivity contribution in [3.63, 3.8) is 0 Å². The number of methoxy groups -OCH3 is 1. The van der Waals surface area contributed by atoms with Crippen molar-refractivity contribution in [2.24, 2.45) is 0 Å². The van der Waals surface area contributed by atoms with Crippen LogP contribution in [0.1, 0.15) is 62.2 Å². The number of esters is 1. The van der Waals surface area contributed by atoms with Gasteiger partial charge in [0.15, 0.2) is 0 Å². The van der Waals surface area contributed by atoms with Gasteiger partial charge in [-0.05, 0) is 51.1 Å². The highest BCUT2D eigenvalue weighted by atomic mass is 16.5. The van der Waals surface area contributed by atoms with E-state index in [0.29, 0.717) is 5.69 Å². The van der Waals surface area contributed by atoms with Gasteiger partial charge < -0.3 is 10.1 Å². The third-order valence-corrected chi connectivity index (χ3v) is 4.40. The molecule has 0 atom stereocenters. The van der Waals surface area contributed by atoms with Crippen LogP contribution in [0, 0.1) is 0 Å². The normalized spacial score (nSPS) is 13.4. The quantitative estimate of drug-likeness (QED) is 0.652. The summed E-state index contributed by atoms with van der Waals surface area (Å²) in [4.78, 5) is 50.9. The highest BCUT2D eigenvalue weighted by molar-refractivity contribution is 6.22. The van der Waals surface area contributed by atoms with Gasteiger partial charge in [-0.15, -0.1) is 0 Å². The summed E-state index contributed by atoms with van der Waals surface area (Å²) in [6.45, 7) is 5.31. The lowest BCUT2D eigenvalue weighted by molar-refractivity contribution is 0.0506. The van der Waals surface area contributed by atoms with E-state index in [-0.39, 0.29) is 28.2 Å². The Balaban J connectivity index is 1.92. The topological polar surface area (TPSA) is 92.8 Å². The van der Waals surface area contributed by atoms with E-state index in [1.807, 2.05) is 0 Å². The Morgan fingerprint density at radius 2 is 1.61 bits per heavy atom. The molecule has 1 heterocycles. The lowest BCUT2D eigenvalue weighted by atomic mass is 10.0. The molecule has 0 aromatic heterocycles. The molecule has 3 amide bonds. The van der Waals surface area contributed by atoms with E-state index in [4.69, 9.17) is 4.74 Å². The van der Waals surface area contributed by atoms with E-state index >= 15 is 0 Å². The molecule has 3 rings (SSSR count). The zero-order valence-corrected chi connectivity index (χ0v) is 16.0. The first-order valence-corrected chi connectivity index (χ1v) is 8.67. The predicted octanol–water partition coefficient (Wildman–Crippen LogP) is 3.12. The van der Waals surface area contributed by atoms with Gasteiger partial charge in [-0.2, -0.15) is 0 Å². The number of hydrogen-bond donors (Lipinski definition) is 1. The minimum absolute atomic E-state index is 0.189. The SMILES string of the molecule is COC(=O)c1ccccc1NC(=O)c1ccc2c(c1)C(=O)N(C(C)(C)C)C2=O. The molecular formula is C21H20N2O5. The number of imide groups is 1. The van der Waals surface area contributed by atoms with Gasteiger partial charge >= 0.3 is 5.97 Å². The maximum absolute atomic E-state index is 12.7. The molecule has 0 radical (unpaired) electrons. The van der Waals surface area contributed by atoms with Gasteiger partial charge in [-0.25, -0.2) is 4.79 Å². The van der Waals surface area contributed by atoms with Gasteiger partial charge in [0.05, 0.1) is 29.5 Å². The second kappa shape index (κ2) is 6.92. The van der Waals surface area contributed by atoms with Crippen LogP contribution in [-0.2, 0) is 4.74 Å². The fourth-order valence-electron chi connectivity index (χ4n) is 3.07. The summed E-state index contributed by atoms with van der Waals surface area (Å²) in [5.41, 5.74) is 0.494. The Labute approximate surface area is 162 Å². The smallest absolute Gasteiger partial charge is 0.339 e. The molecule has 2 aromatic carbocycles. The second-order valence-electron chi connectivity index (χ2n) is 7.37. The predicted molar refractivity (Wildman–Crippen MR) is 102 cm³/mol. The number of benzene rings is 2. The van der Waals surface area contributed by atoms with Crippen molar-refractivity contribution in [3.8, 4) is 0 Å². The average molecular weight is 380 g/mol. The molecule has 0 aliphatic carbocycles. The molecular weight excluding hydrogens is 360 g/mol. The molecule has 1 aliphatic heterocycles. The molecule has 7 heteroatoms. The van der Waals surface area contributed by atoms with Crippen LogP contribution in [0.5, 0.6) is 0 Å². The molecule has 1 N–H and O–H groups in total. The van der Waals surface area contributed by atoms with Crippen molar-refractivity contribution >= 4 is 29.4 Å². The van der Waals surface area contributed by atoms with Gasteiger partial charge in [0.2, 0.25) is 0 Å². The lowest BCUT2D eigenvalue weighted by Crippen LogP contribution is -2.45. The summed E-state index contributed by atoms with van der Waals surface area (Å²) < 4.78 is 4.72. The monoisotopic (exact) mass is 380 g/mol. The third kappa shape index (κ3) is 3.26. The van der Waals surface area contributed by atoms with Crippen molar-refractivity contribution in [3.05, 3.63) is 64.7 Å². The molecule has 0 saturated carbocycles. The van der Waals surface area contributed by atoms with Crippen LogP contribution in [0.25, 0.3) is 0 Å². The van der Waals surface area contributed by atoms with Gasteiger partial charge in [0.1, 0.15) is 0 Å². The van der Waals surface area contributed by atoms with Crippen LogP contribution in [0.4, 0.5) is 5.69 Å². The number of anilines is 1. The highest BCUT2D eigenvalue weighted by Crippen LogP contribution is 2.30. The van der Waals surface area contributed by atoms with Crippen LogP contribution in [-0.4, -0.2) is 41.2 Å². The number of fused-ring (bicyclic) bond motifs is 1. The Hall–Kier alpha value is -3.48. The fraction of sp³-hybridized carbons (Fsp3) is 0.238. The standard InChI is InChI=1S/C21H20N2O5/c1-21(2,3)23-18(25)13-10-9-12(11-15(13)19(23)26)17(24)22-16-8-6-5-7-14(16)20(27)28-4/h5-11H,1-4H3,(H,22,24). The molecule has 1 aliphatic rings. The number of carbonyl (C=O) groups is 4. The molecule has 0 spiro atoms. The minimum Gasteiger partial charge on any atom is -0.465 e. The van der Waals surface area contributed by atoms with E-state index in [2.05, 4.69) is 5.32 Å². The maximum Gasteiger partial charge on any atom is 0.339 e. The molecule has 2 aromatic rings. The highest BCUT2D eigenvalue weighted by Gasteiger charge is 2.42. The molecule has 0 fully saturated rings. The Kier molecular flexibility index (Phi) is 4.77. The van der Waals surface area contributed by atoms with E-state index in [0.717, 1.165) is 0 Å². The number of para-hydroxylation sites is 1. The summed E-state index contributed by atoms with van der Waals surface area (Å²) in [5, 5.41) is 2.65. The number of ether oxygens (including phenoxy) is 1. The maximum atomic E-state index is 12.7. The van der Waals surface area contributed by atoms with Crippen LogP contribution in [0.2, 0.25) is 0 Å². The molecule has 0 unspecified atom stereocenters. The number of carbonyl (C=O) groups excluding carboxylic acids is 4.